The zero-order valence-electron chi connectivity index (χ0n) is 12.4. The van der Waals surface area contributed by atoms with Gasteiger partial charge in [0.2, 0.25) is 5.91 Å². The fourth-order valence-electron chi connectivity index (χ4n) is 2.37. The van der Waals surface area contributed by atoms with Gasteiger partial charge in [-0.1, -0.05) is 0 Å². The van der Waals surface area contributed by atoms with Gasteiger partial charge in [0, 0.05) is 32.1 Å². The average molecular weight is 297 g/mol. The van der Waals surface area contributed by atoms with E-state index in [4.69, 9.17) is 5.11 Å². The van der Waals surface area contributed by atoms with E-state index in [9.17, 15) is 14.4 Å². The lowest BCUT2D eigenvalue weighted by atomic mass is 9.80. The fraction of sp³-hybridized carbons (Fsp3) is 0.786. The highest BCUT2D eigenvalue weighted by Crippen LogP contribution is 2.31. The van der Waals surface area contributed by atoms with E-state index in [-0.39, 0.29) is 17.9 Å². The number of amides is 3. The summed E-state index contributed by atoms with van der Waals surface area (Å²) in [4.78, 5) is 36.1. The second kappa shape index (κ2) is 6.32. The molecule has 118 valence electrons. The first-order chi connectivity index (χ1) is 9.92. The van der Waals surface area contributed by atoms with Gasteiger partial charge < -0.3 is 20.6 Å². The van der Waals surface area contributed by atoms with Gasteiger partial charge in [-0.3, -0.25) is 9.59 Å². The Labute approximate surface area is 124 Å². The third-order valence-corrected chi connectivity index (χ3v) is 4.32. The minimum absolute atomic E-state index is 0.0689. The van der Waals surface area contributed by atoms with Gasteiger partial charge in [0.05, 0.1) is 5.41 Å². The van der Waals surface area contributed by atoms with E-state index in [1.165, 1.54) is 0 Å². The van der Waals surface area contributed by atoms with Crippen LogP contribution >= 0.6 is 0 Å². The third kappa shape index (κ3) is 4.09. The van der Waals surface area contributed by atoms with Gasteiger partial charge in [0.25, 0.3) is 0 Å². The maximum Gasteiger partial charge on any atom is 0.317 e. The molecule has 7 heteroatoms. The Bertz CT molecular complexity index is 426. The predicted octanol–water partition coefficient (Wildman–Crippen LogP) is 0.409. The van der Waals surface area contributed by atoms with Crippen LogP contribution in [0.2, 0.25) is 0 Å². The standard InChI is InChI=1S/C14H23N3O4/c1-14(12(19)20)4-8-17(9-5-14)13(21)16-7-6-15-11(18)10-2-3-10/h10H,2-9H2,1H3,(H,15,18)(H,16,21)(H,19,20). The van der Waals surface area contributed by atoms with E-state index >= 15 is 0 Å². The Balaban J connectivity index is 1.63. The molecule has 1 aliphatic heterocycles. The SMILES string of the molecule is CC1(C(=O)O)CCN(C(=O)NCCNC(=O)C2CC2)CC1. The lowest BCUT2D eigenvalue weighted by Gasteiger charge is -2.36. The van der Waals surface area contributed by atoms with Crippen molar-refractivity contribution in [3.63, 3.8) is 0 Å². The molecule has 2 fully saturated rings. The highest BCUT2D eigenvalue weighted by Gasteiger charge is 2.38. The summed E-state index contributed by atoms with van der Waals surface area (Å²) in [6.45, 7) is 3.44. The van der Waals surface area contributed by atoms with Crippen molar-refractivity contribution in [3.8, 4) is 0 Å². The summed E-state index contributed by atoms with van der Waals surface area (Å²) in [6.07, 6.45) is 2.87. The van der Waals surface area contributed by atoms with Crippen molar-refractivity contribution in [2.75, 3.05) is 26.2 Å². The second-order valence-electron chi connectivity index (χ2n) is 6.15. The number of aliphatic carboxylic acids is 1. The summed E-state index contributed by atoms with van der Waals surface area (Å²) in [7, 11) is 0. The van der Waals surface area contributed by atoms with Crippen molar-refractivity contribution < 1.29 is 19.5 Å². The maximum atomic E-state index is 11.9. The number of carbonyl (C=O) groups excluding carboxylic acids is 2. The number of urea groups is 1. The quantitative estimate of drug-likeness (QED) is 0.640. The zero-order chi connectivity index (χ0) is 15.5. The number of rotatable bonds is 5. The Morgan fingerprint density at radius 3 is 2.24 bits per heavy atom. The molecule has 0 atom stereocenters. The summed E-state index contributed by atoms with van der Waals surface area (Å²) in [6, 6.07) is -0.192. The molecule has 1 heterocycles. The van der Waals surface area contributed by atoms with Crippen molar-refractivity contribution in [1.82, 2.24) is 15.5 Å². The van der Waals surface area contributed by atoms with Gasteiger partial charge in [-0.25, -0.2) is 4.79 Å². The van der Waals surface area contributed by atoms with E-state index in [0.29, 0.717) is 39.0 Å². The molecule has 0 spiro atoms. The maximum absolute atomic E-state index is 11.9. The summed E-state index contributed by atoms with van der Waals surface area (Å²) in [5, 5.41) is 14.7. The van der Waals surface area contributed by atoms with Crippen LogP contribution in [0.5, 0.6) is 0 Å². The van der Waals surface area contributed by atoms with Crippen LogP contribution in [0, 0.1) is 11.3 Å². The minimum atomic E-state index is -0.801. The minimum Gasteiger partial charge on any atom is -0.481 e. The van der Waals surface area contributed by atoms with Crippen molar-refractivity contribution in [2.45, 2.75) is 32.6 Å². The molecule has 1 saturated carbocycles. The number of carbonyl (C=O) groups is 3. The molecular formula is C14H23N3O4. The number of nitrogens with zero attached hydrogens (tertiary/aromatic N) is 1. The first-order valence-corrected chi connectivity index (χ1v) is 7.46. The molecule has 21 heavy (non-hydrogen) atoms. The summed E-state index contributed by atoms with van der Waals surface area (Å²) < 4.78 is 0. The summed E-state index contributed by atoms with van der Waals surface area (Å²) >= 11 is 0. The highest BCUT2D eigenvalue weighted by molar-refractivity contribution is 5.81. The first kappa shape index (κ1) is 15.6. The molecule has 2 aliphatic rings. The predicted molar refractivity (Wildman–Crippen MR) is 75.7 cm³/mol. The summed E-state index contributed by atoms with van der Waals surface area (Å²) in [5.41, 5.74) is -0.727. The number of nitrogens with one attached hydrogen (secondary N) is 2. The molecule has 1 aliphatic carbocycles. The van der Waals surface area contributed by atoms with Crippen LogP contribution < -0.4 is 10.6 Å². The number of piperidine rings is 1. The van der Waals surface area contributed by atoms with E-state index in [0.717, 1.165) is 12.8 Å². The number of carboxylic acids is 1. The fourth-order valence-corrected chi connectivity index (χ4v) is 2.37. The molecule has 3 N–H and O–H groups in total. The number of hydrogen-bond acceptors (Lipinski definition) is 3. The number of carboxylic acid groups (broad SMARTS) is 1. The Hall–Kier alpha value is -1.79. The van der Waals surface area contributed by atoms with Crippen LogP contribution in [0.15, 0.2) is 0 Å². The molecule has 3 amide bonds. The van der Waals surface area contributed by atoms with Crippen LogP contribution in [0.4, 0.5) is 4.79 Å². The van der Waals surface area contributed by atoms with Gasteiger partial charge in [0.15, 0.2) is 0 Å². The van der Waals surface area contributed by atoms with E-state index < -0.39 is 11.4 Å². The van der Waals surface area contributed by atoms with Crippen LogP contribution in [0.25, 0.3) is 0 Å². The average Bonchev–Trinajstić information content (AvgIpc) is 3.28. The molecule has 0 bridgehead atoms. The molecule has 0 aromatic heterocycles. The van der Waals surface area contributed by atoms with E-state index in [2.05, 4.69) is 10.6 Å². The lowest BCUT2D eigenvalue weighted by Crippen LogP contribution is -2.49. The Morgan fingerprint density at radius 2 is 1.71 bits per heavy atom. The van der Waals surface area contributed by atoms with Gasteiger partial charge in [-0.05, 0) is 32.6 Å². The molecule has 7 nitrogen and oxygen atoms in total. The van der Waals surface area contributed by atoms with Crippen molar-refractivity contribution >= 4 is 17.9 Å². The normalized spacial score (nSPS) is 20.7. The molecule has 0 radical (unpaired) electrons. The van der Waals surface area contributed by atoms with Crippen LogP contribution in [0.3, 0.4) is 0 Å². The van der Waals surface area contributed by atoms with Gasteiger partial charge in [0.1, 0.15) is 0 Å². The van der Waals surface area contributed by atoms with Gasteiger partial charge in [-0.15, -0.1) is 0 Å². The van der Waals surface area contributed by atoms with Crippen molar-refractivity contribution in [3.05, 3.63) is 0 Å². The van der Waals surface area contributed by atoms with Crippen LogP contribution in [0.1, 0.15) is 32.6 Å². The molecule has 2 rings (SSSR count). The molecule has 0 aromatic rings. The largest absolute Gasteiger partial charge is 0.481 e. The highest BCUT2D eigenvalue weighted by atomic mass is 16.4. The topological polar surface area (TPSA) is 98.7 Å². The molecule has 0 aromatic carbocycles. The number of hydrogen-bond donors (Lipinski definition) is 3. The van der Waals surface area contributed by atoms with Crippen LogP contribution in [-0.2, 0) is 9.59 Å². The second-order valence-corrected chi connectivity index (χ2v) is 6.15. The zero-order valence-corrected chi connectivity index (χ0v) is 12.4. The Kier molecular flexibility index (Phi) is 4.69. The first-order valence-electron chi connectivity index (χ1n) is 7.46. The molecule has 1 saturated heterocycles. The van der Waals surface area contributed by atoms with Gasteiger partial charge >= 0.3 is 12.0 Å². The van der Waals surface area contributed by atoms with E-state index in [1.54, 1.807) is 11.8 Å². The van der Waals surface area contributed by atoms with Crippen molar-refractivity contribution in [1.29, 1.82) is 0 Å². The molecular weight excluding hydrogens is 274 g/mol. The van der Waals surface area contributed by atoms with Gasteiger partial charge in [-0.2, -0.15) is 0 Å². The third-order valence-electron chi connectivity index (χ3n) is 4.32. The molecule has 0 unspecified atom stereocenters. The smallest absolute Gasteiger partial charge is 0.317 e. The van der Waals surface area contributed by atoms with Crippen molar-refractivity contribution in [2.24, 2.45) is 11.3 Å². The Morgan fingerprint density at radius 1 is 1.14 bits per heavy atom. The number of likely N-dealkylation sites (tertiary alicyclic amines) is 1. The monoisotopic (exact) mass is 297 g/mol. The van der Waals surface area contributed by atoms with Crippen LogP contribution in [-0.4, -0.2) is 54.1 Å². The summed E-state index contributed by atoms with van der Waals surface area (Å²) in [5.74, 6) is -0.554. The van der Waals surface area contributed by atoms with E-state index in [1.807, 2.05) is 0 Å². The lowest BCUT2D eigenvalue weighted by molar-refractivity contribution is -0.150.